The molecular weight excluding hydrogens is 248 g/mol. The van der Waals surface area contributed by atoms with Crippen molar-refractivity contribution in [1.29, 1.82) is 0 Å². The monoisotopic (exact) mass is 254 g/mol. The van der Waals surface area contributed by atoms with Gasteiger partial charge < -0.3 is 5.32 Å². The Balaban J connectivity index is 1.95. The number of halogens is 1. The highest BCUT2D eigenvalue weighted by molar-refractivity contribution is 7.10. The summed E-state index contributed by atoms with van der Waals surface area (Å²) in [6.45, 7) is 0. The van der Waals surface area contributed by atoms with Gasteiger partial charge in [0.25, 0.3) is 0 Å². The largest absolute Gasteiger partial charge is 0.324 e. The molecule has 0 spiro atoms. The summed E-state index contributed by atoms with van der Waals surface area (Å²) in [5, 5.41) is 10.1. The molecule has 2 rings (SSSR count). The molecule has 16 heavy (non-hydrogen) atoms. The molecule has 0 bridgehead atoms. The molecule has 2 N–H and O–H groups in total. The van der Waals surface area contributed by atoms with Gasteiger partial charge in [0.2, 0.25) is 0 Å². The van der Waals surface area contributed by atoms with Gasteiger partial charge >= 0.3 is 6.03 Å². The first-order valence-corrected chi connectivity index (χ1v) is 5.50. The maximum Gasteiger partial charge on any atom is 0.324 e. The zero-order valence-electron chi connectivity index (χ0n) is 7.98. The van der Waals surface area contributed by atoms with E-state index in [-0.39, 0.29) is 6.03 Å². The standard InChI is InChI=1S/C9H7ClN4OS/c10-6-1-3-7(4-2-6)12-9(15)13-8-5-11-14-16-8/h1-5H,(H2,12,13,15). The third-order valence-corrected chi connectivity index (χ3v) is 2.53. The van der Waals surface area contributed by atoms with Gasteiger partial charge in [0.05, 0.1) is 6.20 Å². The minimum Gasteiger partial charge on any atom is -0.308 e. The molecule has 1 aromatic carbocycles. The Kier molecular flexibility index (Phi) is 3.33. The summed E-state index contributed by atoms with van der Waals surface area (Å²) in [7, 11) is 0. The maximum absolute atomic E-state index is 11.5. The first-order chi connectivity index (χ1) is 7.74. The minimum absolute atomic E-state index is 0.339. The predicted octanol–water partition coefficient (Wildman–Crippen LogP) is 2.84. The molecule has 0 saturated heterocycles. The van der Waals surface area contributed by atoms with E-state index in [9.17, 15) is 4.79 Å². The maximum atomic E-state index is 11.5. The van der Waals surface area contributed by atoms with Gasteiger partial charge in [0, 0.05) is 22.2 Å². The zero-order chi connectivity index (χ0) is 11.4. The number of benzene rings is 1. The zero-order valence-corrected chi connectivity index (χ0v) is 9.55. The number of aromatic nitrogens is 2. The van der Waals surface area contributed by atoms with Crippen molar-refractivity contribution in [3.63, 3.8) is 0 Å². The van der Waals surface area contributed by atoms with Crippen molar-refractivity contribution < 1.29 is 4.79 Å². The van der Waals surface area contributed by atoms with Crippen LogP contribution in [-0.2, 0) is 0 Å². The van der Waals surface area contributed by atoms with E-state index >= 15 is 0 Å². The van der Waals surface area contributed by atoms with Gasteiger partial charge in [-0.3, -0.25) is 5.32 Å². The highest BCUT2D eigenvalue weighted by atomic mass is 35.5. The average molecular weight is 255 g/mol. The summed E-state index contributed by atoms with van der Waals surface area (Å²) in [6.07, 6.45) is 1.48. The van der Waals surface area contributed by atoms with Crippen LogP contribution in [0.5, 0.6) is 0 Å². The molecule has 0 aliphatic heterocycles. The van der Waals surface area contributed by atoms with Gasteiger partial charge in [-0.05, 0) is 24.3 Å². The van der Waals surface area contributed by atoms with Crippen LogP contribution in [0.25, 0.3) is 0 Å². The van der Waals surface area contributed by atoms with Crippen LogP contribution in [0.4, 0.5) is 15.5 Å². The second kappa shape index (κ2) is 4.91. The van der Waals surface area contributed by atoms with E-state index in [1.54, 1.807) is 24.3 Å². The summed E-state index contributed by atoms with van der Waals surface area (Å²) in [6, 6.07) is 6.49. The smallest absolute Gasteiger partial charge is 0.308 e. The van der Waals surface area contributed by atoms with Crippen LogP contribution in [0, 0.1) is 0 Å². The number of nitrogens with zero attached hydrogens (tertiary/aromatic N) is 2. The molecule has 1 aromatic heterocycles. The molecule has 0 atom stereocenters. The van der Waals surface area contributed by atoms with E-state index in [2.05, 4.69) is 20.2 Å². The Labute approximate surface area is 101 Å². The number of nitrogens with one attached hydrogen (secondary N) is 2. The predicted molar refractivity (Wildman–Crippen MR) is 64.0 cm³/mol. The quantitative estimate of drug-likeness (QED) is 0.866. The Morgan fingerprint density at radius 1 is 1.25 bits per heavy atom. The van der Waals surface area contributed by atoms with Gasteiger partial charge in [-0.15, -0.1) is 5.10 Å². The molecule has 0 saturated carbocycles. The van der Waals surface area contributed by atoms with Crippen LogP contribution in [0.15, 0.2) is 30.5 Å². The number of hydrogen-bond acceptors (Lipinski definition) is 4. The average Bonchev–Trinajstić information content (AvgIpc) is 2.74. The second-order valence-electron chi connectivity index (χ2n) is 2.87. The number of carbonyl (C=O) groups excluding carboxylic acids is 1. The number of rotatable bonds is 2. The van der Waals surface area contributed by atoms with Crippen LogP contribution in [0.3, 0.4) is 0 Å². The van der Waals surface area contributed by atoms with Crippen LogP contribution in [-0.4, -0.2) is 15.6 Å². The van der Waals surface area contributed by atoms with Crippen molar-refractivity contribution in [1.82, 2.24) is 9.59 Å². The van der Waals surface area contributed by atoms with Crippen molar-refractivity contribution in [3.8, 4) is 0 Å². The van der Waals surface area contributed by atoms with Gasteiger partial charge in [0.1, 0.15) is 5.00 Å². The SMILES string of the molecule is O=C(Nc1ccc(Cl)cc1)Nc1cnns1. The highest BCUT2D eigenvalue weighted by Gasteiger charge is 2.03. The molecule has 2 aromatic rings. The lowest BCUT2D eigenvalue weighted by Crippen LogP contribution is -2.18. The fraction of sp³-hybridized carbons (Fsp3) is 0. The van der Waals surface area contributed by atoms with Crippen LogP contribution in [0.2, 0.25) is 5.02 Å². The normalized spacial score (nSPS) is 9.81. The summed E-state index contributed by atoms with van der Waals surface area (Å²) < 4.78 is 3.63. The van der Waals surface area contributed by atoms with Crippen LogP contribution >= 0.6 is 23.1 Å². The lowest BCUT2D eigenvalue weighted by molar-refractivity contribution is 0.262. The molecule has 5 nitrogen and oxygen atoms in total. The minimum atomic E-state index is -0.339. The van der Waals surface area contributed by atoms with E-state index in [1.165, 1.54) is 6.20 Å². The molecule has 0 radical (unpaired) electrons. The molecule has 82 valence electrons. The van der Waals surface area contributed by atoms with E-state index in [4.69, 9.17) is 11.6 Å². The second-order valence-corrected chi connectivity index (χ2v) is 4.09. The van der Waals surface area contributed by atoms with Crippen molar-refractivity contribution in [2.45, 2.75) is 0 Å². The molecule has 2 amide bonds. The number of carbonyl (C=O) groups is 1. The van der Waals surface area contributed by atoms with E-state index in [0.717, 1.165) is 11.5 Å². The number of urea groups is 1. The topological polar surface area (TPSA) is 66.9 Å². The van der Waals surface area contributed by atoms with Crippen LogP contribution in [0.1, 0.15) is 0 Å². The third-order valence-electron chi connectivity index (χ3n) is 1.70. The van der Waals surface area contributed by atoms with Crippen LogP contribution < -0.4 is 10.6 Å². The van der Waals surface area contributed by atoms with E-state index in [0.29, 0.717) is 15.7 Å². The first-order valence-electron chi connectivity index (χ1n) is 4.35. The lowest BCUT2D eigenvalue weighted by atomic mass is 10.3. The van der Waals surface area contributed by atoms with Crippen molar-refractivity contribution >= 4 is 39.9 Å². The summed E-state index contributed by atoms with van der Waals surface area (Å²) >= 11 is 6.83. The molecule has 0 fully saturated rings. The summed E-state index contributed by atoms with van der Waals surface area (Å²) in [5.74, 6) is 0. The number of amides is 2. The third kappa shape index (κ3) is 2.91. The first kappa shape index (κ1) is 10.8. The summed E-state index contributed by atoms with van der Waals surface area (Å²) in [5.41, 5.74) is 0.666. The Morgan fingerprint density at radius 3 is 2.62 bits per heavy atom. The molecule has 0 unspecified atom stereocenters. The molecule has 0 aliphatic carbocycles. The fourth-order valence-electron chi connectivity index (χ4n) is 1.03. The Bertz CT molecular complexity index is 471. The highest BCUT2D eigenvalue weighted by Crippen LogP contribution is 2.14. The molecular formula is C9H7ClN4OS. The van der Waals surface area contributed by atoms with Gasteiger partial charge in [-0.2, -0.15) is 0 Å². The Morgan fingerprint density at radius 2 is 2.00 bits per heavy atom. The Hall–Kier alpha value is -1.66. The number of anilines is 2. The molecule has 7 heteroatoms. The van der Waals surface area contributed by atoms with Gasteiger partial charge in [0.15, 0.2) is 0 Å². The fourth-order valence-corrected chi connectivity index (χ4v) is 1.57. The lowest BCUT2D eigenvalue weighted by Gasteiger charge is -2.04. The van der Waals surface area contributed by atoms with Crippen molar-refractivity contribution in [3.05, 3.63) is 35.5 Å². The number of hydrogen-bond donors (Lipinski definition) is 2. The molecule has 0 aliphatic rings. The summed E-state index contributed by atoms with van der Waals surface area (Å²) in [4.78, 5) is 11.5. The van der Waals surface area contributed by atoms with Crippen molar-refractivity contribution in [2.24, 2.45) is 0 Å². The van der Waals surface area contributed by atoms with Crippen molar-refractivity contribution in [2.75, 3.05) is 10.6 Å². The molecule has 1 heterocycles. The van der Waals surface area contributed by atoms with Gasteiger partial charge in [-0.25, -0.2) is 4.79 Å². The van der Waals surface area contributed by atoms with Gasteiger partial charge in [-0.1, -0.05) is 16.1 Å². The van der Waals surface area contributed by atoms with E-state index in [1.807, 2.05) is 0 Å². The van der Waals surface area contributed by atoms with E-state index < -0.39 is 0 Å².